The van der Waals surface area contributed by atoms with Crippen molar-refractivity contribution in [2.45, 2.75) is 51.0 Å². The van der Waals surface area contributed by atoms with Crippen molar-refractivity contribution >= 4 is 0 Å². The van der Waals surface area contributed by atoms with E-state index >= 15 is 0 Å². The summed E-state index contributed by atoms with van der Waals surface area (Å²) in [6, 6.07) is 5.02. The second-order valence-electron chi connectivity index (χ2n) is 6.60. The molecule has 3 nitrogen and oxygen atoms in total. The molecule has 3 N–H and O–H groups in total. The van der Waals surface area contributed by atoms with Crippen molar-refractivity contribution < 1.29 is 0 Å². The SMILES string of the molecule is CNC1CCC(CNCC(C)(C)c2ccc[nH]2)CC1. The fourth-order valence-electron chi connectivity index (χ4n) is 3.09. The van der Waals surface area contributed by atoms with Crippen molar-refractivity contribution in [1.82, 2.24) is 15.6 Å². The Morgan fingerprint density at radius 1 is 1.26 bits per heavy atom. The van der Waals surface area contributed by atoms with E-state index in [1.54, 1.807) is 0 Å². The molecule has 1 aliphatic rings. The van der Waals surface area contributed by atoms with Crippen molar-refractivity contribution in [2.24, 2.45) is 5.92 Å². The summed E-state index contributed by atoms with van der Waals surface area (Å²) in [6.45, 7) is 6.80. The van der Waals surface area contributed by atoms with Crippen LogP contribution in [0.25, 0.3) is 0 Å². The summed E-state index contributed by atoms with van der Waals surface area (Å²) in [5.74, 6) is 0.865. The van der Waals surface area contributed by atoms with Gasteiger partial charge in [0.05, 0.1) is 0 Å². The highest BCUT2D eigenvalue weighted by molar-refractivity contribution is 5.15. The highest BCUT2D eigenvalue weighted by Crippen LogP contribution is 2.24. The summed E-state index contributed by atoms with van der Waals surface area (Å²) in [6.07, 6.45) is 7.41. The van der Waals surface area contributed by atoms with Gasteiger partial charge in [-0.05, 0) is 57.3 Å². The van der Waals surface area contributed by atoms with Gasteiger partial charge >= 0.3 is 0 Å². The fraction of sp³-hybridized carbons (Fsp3) is 0.750. The van der Waals surface area contributed by atoms with Gasteiger partial charge in [0, 0.05) is 29.9 Å². The molecule has 3 heteroatoms. The highest BCUT2D eigenvalue weighted by atomic mass is 14.9. The van der Waals surface area contributed by atoms with Gasteiger partial charge in [-0.3, -0.25) is 0 Å². The number of aromatic nitrogens is 1. The molecule has 1 aromatic rings. The van der Waals surface area contributed by atoms with E-state index in [9.17, 15) is 0 Å². The molecule has 1 aliphatic carbocycles. The van der Waals surface area contributed by atoms with Crippen LogP contribution < -0.4 is 10.6 Å². The third-order valence-corrected chi connectivity index (χ3v) is 4.58. The Balaban J connectivity index is 1.69. The largest absolute Gasteiger partial charge is 0.365 e. The average Bonchev–Trinajstić information content (AvgIpc) is 2.94. The number of hydrogen-bond donors (Lipinski definition) is 3. The molecule has 0 spiro atoms. The van der Waals surface area contributed by atoms with Crippen LogP contribution in [0, 0.1) is 5.92 Å². The van der Waals surface area contributed by atoms with Crippen molar-refractivity contribution in [3.05, 3.63) is 24.0 Å². The van der Waals surface area contributed by atoms with Crippen LogP contribution in [0.3, 0.4) is 0 Å². The molecule has 1 fully saturated rings. The minimum atomic E-state index is 0.186. The molecule has 0 aliphatic heterocycles. The molecule has 108 valence electrons. The molecule has 19 heavy (non-hydrogen) atoms. The molecular formula is C16H29N3. The van der Waals surface area contributed by atoms with Crippen molar-refractivity contribution in [1.29, 1.82) is 0 Å². The number of H-pyrrole nitrogens is 1. The zero-order chi connectivity index (χ0) is 13.7. The second-order valence-corrected chi connectivity index (χ2v) is 6.60. The molecular weight excluding hydrogens is 234 g/mol. The first-order chi connectivity index (χ1) is 9.12. The van der Waals surface area contributed by atoms with Crippen LogP contribution in [-0.4, -0.2) is 31.2 Å². The van der Waals surface area contributed by atoms with Gasteiger partial charge in [0.15, 0.2) is 0 Å². The van der Waals surface area contributed by atoms with E-state index in [4.69, 9.17) is 0 Å². The van der Waals surface area contributed by atoms with E-state index < -0.39 is 0 Å². The van der Waals surface area contributed by atoms with Crippen molar-refractivity contribution in [3.63, 3.8) is 0 Å². The maximum absolute atomic E-state index is 3.68. The van der Waals surface area contributed by atoms with Gasteiger partial charge in [-0.15, -0.1) is 0 Å². The van der Waals surface area contributed by atoms with E-state index in [0.29, 0.717) is 0 Å². The van der Waals surface area contributed by atoms with Crippen LogP contribution in [-0.2, 0) is 5.41 Å². The topological polar surface area (TPSA) is 39.8 Å². The molecule has 0 radical (unpaired) electrons. The summed E-state index contributed by atoms with van der Waals surface area (Å²) in [5.41, 5.74) is 1.50. The van der Waals surface area contributed by atoms with Crippen LogP contribution in [0.15, 0.2) is 18.3 Å². The lowest BCUT2D eigenvalue weighted by Gasteiger charge is -2.30. The number of rotatable bonds is 6. The Bertz CT molecular complexity index is 348. The predicted molar refractivity (Wildman–Crippen MR) is 81.5 cm³/mol. The molecule has 1 aromatic heterocycles. The summed E-state index contributed by atoms with van der Waals surface area (Å²) in [7, 11) is 2.09. The van der Waals surface area contributed by atoms with Crippen LogP contribution >= 0.6 is 0 Å². The Labute approximate surface area is 117 Å². The normalized spacial score (nSPS) is 24.6. The maximum Gasteiger partial charge on any atom is 0.0217 e. The first kappa shape index (κ1) is 14.6. The van der Waals surface area contributed by atoms with Gasteiger partial charge in [0.25, 0.3) is 0 Å². The van der Waals surface area contributed by atoms with Gasteiger partial charge < -0.3 is 15.6 Å². The number of aromatic amines is 1. The first-order valence-corrected chi connectivity index (χ1v) is 7.63. The predicted octanol–water partition coefficient (Wildman–Crippen LogP) is 2.66. The van der Waals surface area contributed by atoms with Crippen LogP contribution in [0.2, 0.25) is 0 Å². The molecule has 0 saturated heterocycles. The van der Waals surface area contributed by atoms with E-state index in [2.05, 4.69) is 48.6 Å². The standard InChI is InChI=1S/C16H29N3/c1-16(2,15-5-4-10-19-15)12-18-11-13-6-8-14(17-3)9-7-13/h4-5,10,13-14,17-19H,6-9,11-12H2,1-3H3. The van der Waals surface area contributed by atoms with E-state index in [-0.39, 0.29) is 5.41 Å². The van der Waals surface area contributed by atoms with Crippen LogP contribution in [0.1, 0.15) is 45.2 Å². The average molecular weight is 263 g/mol. The molecule has 0 bridgehead atoms. The van der Waals surface area contributed by atoms with Gasteiger partial charge in [-0.1, -0.05) is 13.8 Å². The molecule has 0 amide bonds. The first-order valence-electron chi connectivity index (χ1n) is 7.63. The minimum absolute atomic E-state index is 0.186. The van der Waals surface area contributed by atoms with Gasteiger partial charge in [-0.2, -0.15) is 0 Å². The smallest absolute Gasteiger partial charge is 0.0217 e. The van der Waals surface area contributed by atoms with Crippen molar-refractivity contribution in [3.8, 4) is 0 Å². The van der Waals surface area contributed by atoms with Crippen LogP contribution in [0.5, 0.6) is 0 Å². The Hall–Kier alpha value is -0.800. The summed E-state index contributed by atoms with van der Waals surface area (Å²) in [5, 5.41) is 7.07. The zero-order valence-corrected chi connectivity index (χ0v) is 12.6. The molecule has 0 aromatic carbocycles. The monoisotopic (exact) mass is 263 g/mol. The molecule has 0 atom stereocenters. The Kier molecular flexibility index (Phi) is 5.06. The Morgan fingerprint density at radius 3 is 2.58 bits per heavy atom. The lowest BCUT2D eigenvalue weighted by atomic mass is 9.85. The fourth-order valence-corrected chi connectivity index (χ4v) is 3.09. The quantitative estimate of drug-likeness (QED) is 0.738. The Morgan fingerprint density at radius 2 is 2.00 bits per heavy atom. The maximum atomic E-state index is 3.68. The third-order valence-electron chi connectivity index (χ3n) is 4.58. The van der Waals surface area contributed by atoms with E-state index in [0.717, 1.165) is 18.5 Å². The van der Waals surface area contributed by atoms with Gasteiger partial charge in [0.1, 0.15) is 0 Å². The lowest BCUT2D eigenvalue weighted by Crippen LogP contribution is -2.38. The molecule has 1 heterocycles. The summed E-state index contributed by atoms with van der Waals surface area (Å²) >= 11 is 0. The zero-order valence-electron chi connectivity index (χ0n) is 12.6. The molecule has 2 rings (SSSR count). The molecule has 1 saturated carbocycles. The van der Waals surface area contributed by atoms with Crippen LogP contribution in [0.4, 0.5) is 0 Å². The minimum Gasteiger partial charge on any atom is -0.365 e. The third kappa shape index (κ3) is 4.08. The second kappa shape index (κ2) is 6.58. The van der Waals surface area contributed by atoms with Crippen molar-refractivity contribution in [2.75, 3.05) is 20.1 Å². The lowest BCUT2D eigenvalue weighted by molar-refractivity contribution is 0.286. The highest BCUT2D eigenvalue weighted by Gasteiger charge is 2.23. The molecule has 0 unspecified atom stereocenters. The number of hydrogen-bond acceptors (Lipinski definition) is 2. The summed E-state index contributed by atoms with van der Waals surface area (Å²) in [4.78, 5) is 3.33. The van der Waals surface area contributed by atoms with E-state index in [1.165, 1.54) is 37.9 Å². The number of nitrogens with one attached hydrogen (secondary N) is 3. The van der Waals surface area contributed by atoms with Gasteiger partial charge in [-0.25, -0.2) is 0 Å². The van der Waals surface area contributed by atoms with Gasteiger partial charge in [0.2, 0.25) is 0 Å². The summed E-state index contributed by atoms with van der Waals surface area (Å²) < 4.78 is 0. The van der Waals surface area contributed by atoms with E-state index in [1.807, 2.05) is 6.20 Å².